The second-order valence-electron chi connectivity index (χ2n) is 7.16. The van der Waals surface area contributed by atoms with Crippen LogP contribution >= 0.6 is 11.6 Å². The van der Waals surface area contributed by atoms with Gasteiger partial charge in [0.05, 0.1) is 5.69 Å². The lowest BCUT2D eigenvalue weighted by Gasteiger charge is -2.20. The summed E-state index contributed by atoms with van der Waals surface area (Å²) in [7, 11) is 0. The van der Waals surface area contributed by atoms with E-state index in [9.17, 15) is 9.59 Å². The molecule has 1 unspecified atom stereocenters. The van der Waals surface area contributed by atoms with Crippen LogP contribution in [0.1, 0.15) is 40.4 Å². The Bertz CT molecular complexity index is 1060. The van der Waals surface area contributed by atoms with Crippen LogP contribution in [0, 0.1) is 13.8 Å². The Kier molecular flexibility index (Phi) is 6.91. The van der Waals surface area contributed by atoms with Crippen molar-refractivity contribution in [3.8, 4) is 5.75 Å². The van der Waals surface area contributed by atoms with Gasteiger partial charge >= 0.3 is 0 Å². The normalized spacial score (nSPS) is 11.6. The van der Waals surface area contributed by atoms with Crippen LogP contribution in [0.4, 0.5) is 5.69 Å². The van der Waals surface area contributed by atoms with Crippen LogP contribution in [0.3, 0.4) is 0 Å². The summed E-state index contributed by atoms with van der Waals surface area (Å²) < 4.78 is 5.99. The van der Waals surface area contributed by atoms with E-state index in [4.69, 9.17) is 16.3 Å². The molecule has 0 aromatic heterocycles. The minimum Gasteiger partial charge on any atom is -0.480 e. The standard InChI is InChI=1S/C25H24ClNO3/c1-4-22(30-23-14-16(2)10-11-17(23)3)25(29)27-21-13-12-19(26)15-20(21)24(28)18-8-6-5-7-9-18/h5-15,22H,4H2,1-3H3,(H,27,29). The summed E-state index contributed by atoms with van der Waals surface area (Å²) in [5.41, 5.74) is 3.27. The van der Waals surface area contributed by atoms with Gasteiger partial charge in [-0.1, -0.05) is 61.0 Å². The molecule has 0 aliphatic rings. The third-order valence-electron chi connectivity index (χ3n) is 4.80. The lowest BCUT2D eigenvalue weighted by Crippen LogP contribution is -2.33. The molecule has 0 saturated heterocycles. The number of ketones is 1. The molecular formula is C25H24ClNO3. The number of hydrogen-bond donors (Lipinski definition) is 1. The summed E-state index contributed by atoms with van der Waals surface area (Å²) >= 11 is 6.12. The van der Waals surface area contributed by atoms with Gasteiger partial charge in [0.2, 0.25) is 0 Å². The number of aryl methyl sites for hydroxylation is 2. The van der Waals surface area contributed by atoms with Crippen molar-refractivity contribution in [2.75, 3.05) is 5.32 Å². The number of carbonyl (C=O) groups excluding carboxylic acids is 2. The zero-order valence-corrected chi connectivity index (χ0v) is 18.0. The molecule has 0 radical (unpaired) electrons. The maximum Gasteiger partial charge on any atom is 0.265 e. The molecule has 154 valence electrons. The molecule has 0 heterocycles. The van der Waals surface area contributed by atoms with Crippen LogP contribution in [-0.4, -0.2) is 17.8 Å². The van der Waals surface area contributed by atoms with Crippen molar-refractivity contribution < 1.29 is 14.3 Å². The van der Waals surface area contributed by atoms with E-state index in [0.29, 0.717) is 34.0 Å². The number of hydrogen-bond acceptors (Lipinski definition) is 3. The molecule has 0 aliphatic heterocycles. The number of anilines is 1. The van der Waals surface area contributed by atoms with Crippen molar-refractivity contribution in [2.45, 2.75) is 33.3 Å². The van der Waals surface area contributed by atoms with Crippen molar-refractivity contribution >= 4 is 29.0 Å². The molecule has 0 spiro atoms. The highest BCUT2D eigenvalue weighted by molar-refractivity contribution is 6.31. The van der Waals surface area contributed by atoms with Gasteiger partial charge in [0.25, 0.3) is 5.91 Å². The van der Waals surface area contributed by atoms with E-state index in [-0.39, 0.29) is 11.7 Å². The third kappa shape index (κ3) is 5.08. The van der Waals surface area contributed by atoms with E-state index in [1.54, 1.807) is 42.5 Å². The Labute approximate surface area is 181 Å². The zero-order chi connectivity index (χ0) is 21.7. The molecule has 1 amide bonds. The smallest absolute Gasteiger partial charge is 0.265 e. The predicted octanol–water partition coefficient (Wildman–Crippen LogP) is 5.98. The van der Waals surface area contributed by atoms with Crippen LogP contribution in [0.5, 0.6) is 5.75 Å². The van der Waals surface area contributed by atoms with Crippen LogP contribution in [0.25, 0.3) is 0 Å². The molecule has 4 nitrogen and oxygen atoms in total. The van der Waals surface area contributed by atoms with Gasteiger partial charge in [0.15, 0.2) is 11.9 Å². The molecule has 0 saturated carbocycles. The van der Waals surface area contributed by atoms with Crippen LogP contribution in [0.2, 0.25) is 5.02 Å². The Morgan fingerprint density at radius 2 is 1.73 bits per heavy atom. The molecular weight excluding hydrogens is 398 g/mol. The van der Waals surface area contributed by atoms with Gasteiger partial charge in [-0.05, 0) is 55.7 Å². The summed E-state index contributed by atoms with van der Waals surface area (Å²) in [5, 5.41) is 3.27. The summed E-state index contributed by atoms with van der Waals surface area (Å²) in [6, 6.07) is 19.6. The first kappa shape index (κ1) is 21.6. The molecule has 3 aromatic rings. The largest absolute Gasteiger partial charge is 0.480 e. The quantitative estimate of drug-likeness (QED) is 0.477. The maximum atomic E-state index is 13.0. The third-order valence-corrected chi connectivity index (χ3v) is 5.03. The highest BCUT2D eigenvalue weighted by atomic mass is 35.5. The van der Waals surface area contributed by atoms with Crippen molar-refractivity contribution in [2.24, 2.45) is 0 Å². The van der Waals surface area contributed by atoms with Crippen molar-refractivity contribution in [1.29, 1.82) is 0 Å². The first-order valence-electron chi connectivity index (χ1n) is 9.83. The Morgan fingerprint density at radius 1 is 1.00 bits per heavy atom. The zero-order valence-electron chi connectivity index (χ0n) is 17.2. The van der Waals surface area contributed by atoms with Gasteiger partial charge in [-0.2, -0.15) is 0 Å². The summed E-state index contributed by atoms with van der Waals surface area (Å²) in [6.45, 7) is 5.80. The lowest BCUT2D eigenvalue weighted by atomic mass is 10.0. The Morgan fingerprint density at radius 3 is 2.43 bits per heavy atom. The number of nitrogens with one attached hydrogen (secondary N) is 1. The van der Waals surface area contributed by atoms with E-state index in [1.807, 2.05) is 45.0 Å². The topological polar surface area (TPSA) is 55.4 Å². The van der Waals surface area contributed by atoms with E-state index < -0.39 is 6.10 Å². The van der Waals surface area contributed by atoms with Crippen LogP contribution < -0.4 is 10.1 Å². The molecule has 3 rings (SSSR count). The fourth-order valence-corrected chi connectivity index (χ4v) is 3.25. The molecule has 0 bridgehead atoms. The van der Waals surface area contributed by atoms with Crippen LogP contribution in [0.15, 0.2) is 66.7 Å². The second-order valence-corrected chi connectivity index (χ2v) is 7.59. The Hall–Kier alpha value is -3.11. The summed E-state index contributed by atoms with van der Waals surface area (Å²) in [4.78, 5) is 25.9. The monoisotopic (exact) mass is 421 g/mol. The molecule has 0 fully saturated rings. The molecule has 3 aromatic carbocycles. The molecule has 30 heavy (non-hydrogen) atoms. The fourth-order valence-electron chi connectivity index (χ4n) is 3.08. The second kappa shape index (κ2) is 9.59. The van der Waals surface area contributed by atoms with Gasteiger partial charge in [0.1, 0.15) is 5.75 Å². The van der Waals surface area contributed by atoms with Gasteiger partial charge < -0.3 is 10.1 Å². The predicted molar refractivity (Wildman–Crippen MR) is 121 cm³/mol. The maximum absolute atomic E-state index is 13.0. The van der Waals surface area contributed by atoms with Gasteiger partial charge in [-0.15, -0.1) is 0 Å². The fraction of sp³-hybridized carbons (Fsp3) is 0.200. The average molecular weight is 422 g/mol. The number of benzene rings is 3. The van der Waals surface area contributed by atoms with Crippen molar-refractivity contribution in [3.63, 3.8) is 0 Å². The van der Waals surface area contributed by atoms with Gasteiger partial charge in [-0.25, -0.2) is 0 Å². The van der Waals surface area contributed by atoms with Gasteiger partial charge in [-0.3, -0.25) is 9.59 Å². The molecule has 5 heteroatoms. The van der Waals surface area contributed by atoms with E-state index in [2.05, 4.69) is 5.32 Å². The summed E-state index contributed by atoms with van der Waals surface area (Å²) in [6.07, 6.45) is -0.213. The number of amides is 1. The minimum atomic E-state index is -0.694. The highest BCUT2D eigenvalue weighted by Crippen LogP contribution is 2.25. The average Bonchev–Trinajstić information content (AvgIpc) is 2.75. The summed E-state index contributed by atoms with van der Waals surface area (Å²) in [5.74, 6) is 0.147. The number of carbonyl (C=O) groups is 2. The van der Waals surface area contributed by atoms with Crippen LogP contribution in [-0.2, 0) is 4.79 Å². The SMILES string of the molecule is CCC(Oc1cc(C)ccc1C)C(=O)Nc1ccc(Cl)cc1C(=O)c1ccccc1. The Balaban J connectivity index is 1.85. The number of halogens is 1. The number of rotatable bonds is 7. The van der Waals surface area contributed by atoms with Crippen molar-refractivity contribution in [3.05, 3.63) is 94.0 Å². The molecule has 1 atom stereocenters. The van der Waals surface area contributed by atoms with Gasteiger partial charge in [0, 0.05) is 16.1 Å². The first-order valence-corrected chi connectivity index (χ1v) is 10.2. The highest BCUT2D eigenvalue weighted by Gasteiger charge is 2.22. The molecule has 0 aliphatic carbocycles. The molecule has 1 N–H and O–H groups in total. The lowest BCUT2D eigenvalue weighted by molar-refractivity contribution is -0.122. The van der Waals surface area contributed by atoms with E-state index in [1.165, 1.54) is 0 Å². The van der Waals surface area contributed by atoms with E-state index in [0.717, 1.165) is 11.1 Å². The first-order chi connectivity index (χ1) is 14.4. The van der Waals surface area contributed by atoms with Crippen molar-refractivity contribution in [1.82, 2.24) is 0 Å². The van der Waals surface area contributed by atoms with E-state index >= 15 is 0 Å². The minimum absolute atomic E-state index is 0.211. The number of ether oxygens (including phenoxy) is 1.